The predicted molar refractivity (Wildman–Crippen MR) is 94.1 cm³/mol. The highest BCUT2D eigenvalue weighted by Crippen LogP contribution is 2.38. The third-order valence-corrected chi connectivity index (χ3v) is 6.29. The maximum absolute atomic E-state index is 12.7. The number of aromatic nitrogens is 4. The summed E-state index contributed by atoms with van der Waals surface area (Å²) in [5, 5.41) is 14.2. The van der Waals surface area contributed by atoms with E-state index >= 15 is 0 Å². The molecule has 4 heterocycles. The highest BCUT2D eigenvalue weighted by atomic mass is 32.1. The van der Waals surface area contributed by atoms with Crippen molar-refractivity contribution in [2.24, 2.45) is 5.92 Å². The zero-order valence-electron chi connectivity index (χ0n) is 14.5. The van der Waals surface area contributed by atoms with Crippen LogP contribution in [-0.4, -0.2) is 55.6 Å². The standard InChI is InChI=1S/C17H20N6O2S/c1-9-18-13(8-26-9)17(25)22-6-10-4-5-23-14(12(10)7-22)20-21-15(23)16(24)19-11-2-3-11/h8,10-12H,2-7H2,1H3,(H,19,24)/t10-,12-/m1/s1. The molecule has 2 aromatic rings. The number of fused-ring (bicyclic) bond motifs is 3. The third kappa shape index (κ3) is 2.61. The molecule has 2 amide bonds. The molecule has 5 rings (SSSR count). The number of amides is 2. The number of carbonyl (C=O) groups excluding carboxylic acids is 2. The van der Waals surface area contributed by atoms with E-state index in [9.17, 15) is 9.59 Å². The van der Waals surface area contributed by atoms with E-state index in [1.807, 2.05) is 21.8 Å². The van der Waals surface area contributed by atoms with Gasteiger partial charge >= 0.3 is 0 Å². The Bertz CT molecular complexity index is 886. The van der Waals surface area contributed by atoms with Gasteiger partial charge in [-0.2, -0.15) is 0 Å². The summed E-state index contributed by atoms with van der Waals surface area (Å²) in [4.78, 5) is 31.3. The van der Waals surface area contributed by atoms with Gasteiger partial charge < -0.3 is 14.8 Å². The molecule has 0 spiro atoms. The van der Waals surface area contributed by atoms with Gasteiger partial charge in [0.1, 0.15) is 11.5 Å². The van der Waals surface area contributed by atoms with Gasteiger partial charge in [-0.25, -0.2) is 4.98 Å². The van der Waals surface area contributed by atoms with Crippen LogP contribution in [0.4, 0.5) is 0 Å². The van der Waals surface area contributed by atoms with E-state index in [4.69, 9.17) is 0 Å². The van der Waals surface area contributed by atoms with Crippen molar-refractivity contribution in [1.29, 1.82) is 0 Å². The van der Waals surface area contributed by atoms with Gasteiger partial charge in [-0.05, 0) is 32.1 Å². The second-order valence-corrected chi connectivity index (χ2v) is 8.46. The van der Waals surface area contributed by atoms with Crippen molar-refractivity contribution < 1.29 is 9.59 Å². The van der Waals surface area contributed by atoms with Crippen LogP contribution in [0.25, 0.3) is 0 Å². The molecule has 2 fully saturated rings. The van der Waals surface area contributed by atoms with Crippen LogP contribution in [0.5, 0.6) is 0 Å². The van der Waals surface area contributed by atoms with E-state index in [1.54, 1.807) is 0 Å². The Morgan fingerprint density at radius 3 is 2.81 bits per heavy atom. The number of nitrogens with zero attached hydrogens (tertiary/aromatic N) is 5. The van der Waals surface area contributed by atoms with Crippen LogP contribution in [0, 0.1) is 12.8 Å². The summed E-state index contributed by atoms with van der Waals surface area (Å²) in [6.45, 7) is 3.97. The van der Waals surface area contributed by atoms with Crippen molar-refractivity contribution in [2.75, 3.05) is 13.1 Å². The lowest BCUT2D eigenvalue weighted by Gasteiger charge is -2.24. The Morgan fingerprint density at radius 2 is 2.08 bits per heavy atom. The Kier molecular flexibility index (Phi) is 3.59. The molecule has 1 N–H and O–H groups in total. The molecular weight excluding hydrogens is 352 g/mol. The summed E-state index contributed by atoms with van der Waals surface area (Å²) in [5.74, 6) is 1.62. The first-order chi connectivity index (χ1) is 12.6. The summed E-state index contributed by atoms with van der Waals surface area (Å²) in [7, 11) is 0. The Balaban J connectivity index is 1.36. The van der Waals surface area contributed by atoms with Crippen molar-refractivity contribution in [1.82, 2.24) is 30.0 Å². The molecule has 2 atom stereocenters. The number of likely N-dealkylation sites (tertiary alicyclic amines) is 1. The number of hydrogen-bond donors (Lipinski definition) is 1. The van der Waals surface area contributed by atoms with Crippen molar-refractivity contribution in [3.05, 3.63) is 27.7 Å². The number of nitrogens with one attached hydrogen (secondary N) is 1. The molecule has 2 aliphatic heterocycles. The Labute approximate surface area is 154 Å². The molecule has 136 valence electrons. The molecule has 1 saturated carbocycles. The van der Waals surface area contributed by atoms with Crippen molar-refractivity contribution in [3.8, 4) is 0 Å². The van der Waals surface area contributed by atoms with Crippen LogP contribution in [-0.2, 0) is 6.54 Å². The quantitative estimate of drug-likeness (QED) is 0.874. The number of carbonyl (C=O) groups is 2. The predicted octanol–water partition coefficient (Wildman–Crippen LogP) is 1.19. The molecule has 0 bridgehead atoms. The van der Waals surface area contributed by atoms with Crippen LogP contribution >= 0.6 is 11.3 Å². The fourth-order valence-electron chi connectivity index (χ4n) is 4.00. The lowest BCUT2D eigenvalue weighted by atomic mass is 9.89. The average Bonchev–Trinajstić information content (AvgIpc) is 3.03. The van der Waals surface area contributed by atoms with Crippen LogP contribution < -0.4 is 5.32 Å². The highest BCUT2D eigenvalue weighted by molar-refractivity contribution is 7.09. The zero-order valence-corrected chi connectivity index (χ0v) is 15.3. The molecule has 2 aromatic heterocycles. The van der Waals surface area contributed by atoms with Gasteiger partial charge in [-0.1, -0.05) is 0 Å². The molecule has 0 aromatic carbocycles. The first-order valence-corrected chi connectivity index (χ1v) is 9.93. The summed E-state index contributed by atoms with van der Waals surface area (Å²) < 4.78 is 1.94. The first-order valence-electron chi connectivity index (χ1n) is 9.05. The first kappa shape index (κ1) is 15.9. The molecule has 1 aliphatic carbocycles. The van der Waals surface area contributed by atoms with Crippen LogP contribution in [0.1, 0.15) is 57.1 Å². The molecule has 0 unspecified atom stereocenters. The SMILES string of the molecule is Cc1nc(C(=O)N2C[C@H]3CCn4c(C(=O)NC5CC5)nnc4[C@@H]3C2)cs1. The number of aryl methyl sites for hydroxylation is 1. The zero-order chi connectivity index (χ0) is 17.8. The maximum atomic E-state index is 12.7. The summed E-state index contributed by atoms with van der Waals surface area (Å²) in [6, 6.07) is 0.299. The largest absolute Gasteiger partial charge is 0.347 e. The minimum Gasteiger partial charge on any atom is -0.347 e. The number of hydrogen-bond acceptors (Lipinski definition) is 6. The van der Waals surface area contributed by atoms with Gasteiger partial charge in [0.25, 0.3) is 11.8 Å². The van der Waals surface area contributed by atoms with E-state index in [0.717, 1.165) is 43.2 Å². The minimum absolute atomic E-state index is 0.0125. The van der Waals surface area contributed by atoms with Gasteiger partial charge in [0.15, 0.2) is 0 Å². The van der Waals surface area contributed by atoms with Crippen LogP contribution in [0.3, 0.4) is 0 Å². The molecule has 0 radical (unpaired) electrons. The smallest absolute Gasteiger partial charge is 0.289 e. The number of thiazole rings is 1. The van der Waals surface area contributed by atoms with Gasteiger partial charge in [-0.3, -0.25) is 9.59 Å². The monoisotopic (exact) mass is 372 g/mol. The van der Waals surface area contributed by atoms with E-state index < -0.39 is 0 Å². The van der Waals surface area contributed by atoms with Gasteiger partial charge in [-0.15, -0.1) is 21.5 Å². The molecule has 3 aliphatic rings. The molecule has 9 heteroatoms. The third-order valence-electron chi connectivity index (χ3n) is 5.52. The normalized spacial score (nSPS) is 24.3. The minimum atomic E-state index is -0.131. The Morgan fingerprint density at radius 1 is 1.23 bits per heavy atom. The van der Waals surface area contributed by atoms with E-state index in [-0.39, 0.29) is 17.7 Å². The lowest BCUT2D eigenvalue weighted by molar-refractivity contribution is 0.0780. The van der Waals surface area contributed by atoms with E-state index in [2.05, 4.69) is 20.5 Å². The molecule has 1 saturated heterocycles. The second kappa shape index (κ2) is 5.87. The van der Waals surface area contributed by atoms with Crippen molar-refractivity contribution in [3.63, 3.8) is 0 Å². The fraction of sp³-hybridized carbons (Fsp3) is 0.588. The van der Waals surface area contributed by atoms with Crippen molar-refractivity contribution in [2.45, 2.75) is 44.7 Å². The summed E-state index contributed by atoms with van der Waals surface area (Å²) in [6.07, 6.45) is 3.02. The number of rotatable bonds is 3. The second-order valence-electron chi connectivity index (χ2n) is 7.40. The maximum Gasteiger partial charge on any atom is 0.289 e. The Hall–Kier alpha value is -2.29. The molecular formula is C17H20N6O2S. The fourth-order valence-corrected chi connectivity index (χ4v) is 4.58. The lowest BCUT2D eigenvalue weighted by Crippen LogP contribution is -2.31. The summed E-state index contributed by atoms with van der Waals surface area (Å²) in [5.41, 5.74) is 0.525. The van der Waals surface area contributed by atoms with Crippen LogP contribution in [0.2, 0.25) is 0 Å². The average molecular weight is 372 g/mol. The summed E-state index contributed by atoms with van der Waals surface area (Å²) >= 11 is 1.49. The molecule has 26 heavy (non-hydrogen) atoms. The van der Waals surface area contributed by atoms with Gasteiger partial charge in [0, 0.05) is 37.0 Å². The van der Waals surface area contributed by atoms with Crippen molar-refractivity contribution >= 4 is 23.2 Å². The highest BCUT2D eigenvalue weighted by Gasteiger charge is 2.43. The molecule has 8 nitrogen and oxygen atoms in total. The van der Waals surface area contributed by atoms with Gasteiger partial charge in [0.2, 0.25) is 5.82 Å². The van der Waals surface area contributed by atoms with Crippen LogP contribution in [0.15, 0.2) is 5.38 Å². The van der Waals surface area contributed by atoms with Gasteiger partial charge in [0.05, 0.1) is 5.01 Å². The van der Waals surface area contributed by atoms with E-state index in [0.29, 0.717) is 30.0 Å². The van der Waals surface area contributed by atoms with E-state index in [1.165, 1.54) is 11.3 Å². The topological polar surface area (TPSA) is 93.0 Å².